The molecule has 21 heavy (non-hydrogen) atoms. The molecule has 0 spiro atoms. The number of sulfonamides is 1. The summed E-state index contributed by atoms with van der Waals surface area (Å²) in [4.78, 5) is -0.199. The molecule has 1 aromatic rings. The van der Waals surface area contributed by atoms with Gasteiger partial charge in [-0.3, -0.25) is 0 Å². The summed E-state index contributed by atoms with van der Waals surface area (Å²) in [6.45, 7) is 0.697. The average molecular weight is 317 g/mol. The van der Waals surface area contributed by atoms with E-state index in [1.54, 1.807) is 0 Å². The molecule has 1 aliphatic carbocycles. The quantitative estimate of drug-likeness (QED) is 0.735. The van der Waals surface area contributed by atoms with Crippen LogP contribution in [0.5, 0.6) is 0 Å². The first-order chi connectivity index (χ1) is 9.95. The number of nitrogens with zero attached hydrogens (tertiary/aromatic N) is 1. The maximum absolute atomic E-state index is 13.3. The van der Waals surface area contributed by atoms with Crippen molar-refractivity contribution in [1.29, 1.82) is 0 Å². The van der Waals surface area contributed by atoms with Crippen LogP contribution in [0.2, 0.25) is 0 Å². The fraction of sp³-hybridized carbons (Fsp3) is 0.571. The summed E-state index contributed by atoms with van der Waals surface area (Å²) >= 11 is 0. The Hall–Kier alpha value is -1.02. The van der Waals surface area contributed by atoms with E-state index in [1.807, 2.05) is 0 Å². The molecular formula is C14H20FNO4S. The van der Waals surface area contributed by atoms with Gasteiger partial charge in [-0.05, 0) is 36.5 Å². The van der Waals surface area contributed by atoms with Gasteiger partial charge in [0, 0.05) is 20.2 Å². The number of aliphatic hydroxyl groups is 1. The number of ether oxygens (including phenoxy) is 1. The first kappa shape index (κ1) is 16.4. The van der Waals surface area contributed by atoms with E-state index in [-0.39, 0.29) is 17.0 Å². The van der Waals surface area contributed by atoms with Gasteiger partial charge in [-0.25, -0.2) is 12.8 Å². The van der Waals surface area contributed by atoms with Crippen LogP contribution in [-0.2, 0) is 21.4 Å². The van der Waals surface area contributed by atoms with Gasteiger partial charge in [0.05, 0.1) is 18.1 Å². The van der Waals surface area contributed by atoms with Gasteiger partial charge < -0.3 is 9.84 Å². The molecule has 0 radical (unpaired) electrons. The molecule has 5 nitrogen and oxygen atoms in total. The lowest BCUT2D eigenvalue weighted by Gasteiger charge is -2.19. The van der Waals surface area contributed by atoms with Crippen LogP contribution in [0.25, 0.3) is 0 Å². The smallest absolute Gasteiger partial charge is 0.243 e. The number of halogens is 1. The molecule has 1 N–H and O–H groups in total. The lowest BCUT2D eigenvalue weighted by atomic mass is 10.2. The van der Waals surface area contributed by atoms with Crippen LogP contribution >= 0.6 is 0 Å². The molecule has 118 valence electrons. The Labute approximate surface area is 124 Å². The molecule has 0 heterocycles. The average Bonchev–Trinajstić information content (AvgIpc) is 3.27. The highest BCUT2D eigenvalue weighted by molar-refractivity contribution is 7.89. The van der Waals surface area contributed by atoms with Crippen molar-refractivity contribution >= 4 is 10.0 Å². The summed E-state index contributed by atoms with van der Waals surface area (Å²) in [5.74, 6) is -0.0275. The molecule has 0 amide bonds. The van der Waals surface area contributed by atoms with E-state index < -0.39 is 22.4 Å². The first-order valence-corrected chi connectivity index (χ1v) is 8.32. The number of hydrogen-bond acceptors (Lipinski definition) is 4. The van der Waals surface area contributed by atoms with Gasteiger partial charge in [0.2, 0.25) is 10.0 Å². The first-order valence-electron chi connectivity index (χ1n) is 6.88. The molecule has 0 aliphatic heterocycles. The fourth-order valence-corrected chi connectivity index (χ4v) is 3.29. The minimum atomic E-state index is -3.84. The summed E-state index contributed by atoms with van der Waals surface area (Å²) in [5.41, 5.74) is 0.183. The molecule has 0 saturated heterocycles. The van der Waals surface area contributed by atoms with Crippen molar-refractivity contribution in [3.05, 3.63) is 29.6 Å². The van der Waals surface area contributed by atoms with Crippen molar-refractivity contribution < 1.29 is 22.7 Å². The highest BCUT2D eigenvalue weighted by Gasteiger charge is 2.25. The van der Waals surface area contributed by atoms with E-state index >= 15 is 0 Å². The third kappa shape index (κ3) is 4.23. The van der Waals surface area contributed by atoms with E-state index in [0.717, 1.165) is 16.4 Å². The van der Waals surface area contributed by atoms with E-state index in [2.05, 4.69) is 0 Å². The van der Waals surface area contributed by atoms with Crippen LogP contribution in [0.4, 0.5) is 4.39 Å². The van der Waals surface area contributed by atoms with Crippen molar-refractivity contribution in [1.82, 2.24) is 4.31 Å². The van der Waals surface area contributed by atoms with Crippen LogP contribution in [-0.4, -0.2) is 44.6 Å². The fourth-order valence-electron chi connectivity index (χ4n) is 1.91. The van der Waals surface area contributed by atoms with Crippen LogP contribution in [0.3, 0.4) is 0 Å². The van der Waals surface area contributed by atoms with Crippen LogP contribution in [0.1, 0.15) is 18.4 Å². The number of rotatable bonds is 8. The van der Waals surface area contributed by atoms with Crippen molar-refractivity contribution in [2.45, 2.75) is 24.3 Å². The Kier molecular flexibility index (Phi) is 5.32. The Morgan fingerprint density at radius 1 is 1.43 bits per heavy atom. The zero-order chi connectivity index (χ0) is 15.5. The third-order valence-electron chi connectivity index (χ3n) is 3.49. The van der Waals surface area contributed by atoms with Crippen molar-refractivity contribution in [3.8, 4) is 0 Å². The SMILES string of the molecule is CN(CCOCC1CC1)S(=O)(=O)c1cc(F)ccc1CO. The van der Waals surface area contributed by atoms with Crippen molar-refractivity contribution in [3.63, 3.8) is 0 Å². The second-order valence-electron chi connectivity index (χ2n) is 5.26. The number of likely N-dealkylation sites (N-methyl/N-ethyl adjacent to an activating group) is 1. The molecule has 7 heteroatoms. The molecular weight excluding hydrogens is 297 g/mol. The topological polar surface area (TPSA) is 66.8 Å². The lowest BCUT2D eigenvalue weighted by Crippen LogP contribution is -2.31. The second-order valence-corrected chi connectivity index (χ2v) is 7.27. The summed E-state index contributed by atoms with van der Waals surface area (Å²) in [7, 11) is -2.42. The highest BCUT2D eigenvalue weighted by Crippen LogP contribution is 2.28. The van der Waals surface area contributed by atoms with Gasteiger partial charge in [0.25, 0.3) is 0 Å². The Morgan fingerprint density at radius 3 is 2.76 bits per heavy atom. The molecule has 1 saturated carbocycles. The van der Waals surface area contributed by atoms with E-state index in [9.17, 15) is 17.9 Å². The molecule has 0 unspecified atom stereocenters. The monoisotopic (exact) mass is 317 g/mol. The number of aliphatic hydroxyl groups excluding tert-OH is 1. The largest absolute Gasteiger partial charge is 0.392 e. The molecule has 0 aromatic heterocycles. The molecule has 0 atom stereocenters. The molecule has 1 aliphatic rings. The van der Waals surface area contributed by atoms with Gasteiger partial charge in [-0.15, -0.1) is 0 Å². The third-order valence-corrected chi connectivity index (χ3v) is 5.43. The molecule has 1 fully saturated rings. The molecule has 0 bridgehead atoms. The highest BCUT2D eigenvalue weighted by atomic mass is 32.2. The lowest BCUT2D eigenvalue weighted by molar-refractivity contribution is 0.117. The Morgan fingerprint density at radius 2 is 2.14 bits per heavy atom. The summed E-state index contributed by atoms with van der Waals surface area (Å²) < 4.78 is 44.6. The molecule has 2 rings (SSSR count). The maximum atomic E-state index is 13.3. The van der Waals surface area contributed by atoms with E-state index in [0.29, 0.717) is 19.1 Å². The second kappa shape index (κ2) is 6.83. The number of benzene rings is 1. The van der Waals surface area contributed by atoms with Gasteiger partial charge >= 0.3 is 0 Å². The standard InChI is InChI=1S/C14H20FNO4S/c1-16(6-7-20-10-11-2-3-11)21(18,19)14-8-13(15)5-4-12(14)9-17/h4-5,8,11,17H,2-3,6-7,9-10H2,1H3. The Bertz CT molecular complexity index is 587. The maximum Gasteiger partial charge on any atom is 0.243 e. The zero-order valence-electron chi connectivity index (χ0n) is 12.0. The van der Waals surface area contributed by atoms with Gasteiger partial charge in [0.1, 0.15) is 5.82 Å². The predicted octanol–water partition coefficient (Wildman–Crippen LogP) is 1.37. The summed E-state index contributed by atoms with van der Waals surface area (Å²) in [5, 5.41) is 9.21. The van der Waals surface area contributed by atoms with E-state index in [1.165, 1.54) is 26.0 Å². The van der Waals surface area contributed by atoms with Crippen LogP contribution in [0, 0.1) is 11.7 Å². The summed E-state index contributed by atoms with van der Waals surface area (Å²) in [6, 6.07) is 3.34. The normalized spacial score (nSPS) is 15.6. The Balaban J connectivity index is 2.03. The van der Waals surface area contributed by atoms with Crippen molar-refractivity contribution in [2.24, 2.45) is 5.92 Å². The summed E-state index contributed by atoms with van der Waals surface area (Å²) in [6.07, 6.45) is 2.36. The van der Waals surface area contributed by atoms with Crippen LogP contribution < -0.4 is 0 Å². The number of hydrogen-bond donors (Lipinski definition) is 1. The molecule has 1 aromatic carbocycles. The van der Waals surface area contributed by atoms with Gasteiger partial charge in [0.15, 0.2) is 0 Å². The van der Waals surface area contributed by atoms with E-state index in [4.69, 9.17) is 4.74 Å². The van der Waals surface area contributed by atoms with Gasteiger partial charge in [-0.2, -0.15) is 4.31 Å². The predicted molar refractivity (Wildman–Crippen MR) is 75.7 cm³/mol. The zero-order valence-corrected chi connectivity index (χ0v) is 12.8. The van der Waals surface area contributed by atoms with Gasteiger partial charge in [-0.1, -0.05) is 6.07 Å². The minimum Gasteiger partial charge on any atom is -0.392 e. The van der Waals surface area contributed by atoms with Crippen LogP contribution in [0.15, 0.2) is 23.1 Å². The van der Waals surface area contributed by atoms with Crippen molar-refractivity contribution in [2.75, 3.05) is 26.8 Å². The minimum absolute atomic E-state index is 0.183.